The number of carbonyl (C=O) groups is 2. The third-order valence-corrected chi connectivity index (χ3v) is 6.24. The van der Waals surface area contributed by atoms with E-state index in [0.29, 0.717) is 25.4 Å². The molecular weight excluding hydrogens is 390 g/mol. The standard InChI is InChI=1S/C25H35N3O3/c1-5-31-24(29)23-18(3)22(19(4)27-23)16-28(21-9-7-6-8-10-21)25(30)26-15-20-13-11-17(2)12-14-20/h11-14,21,27H,5-10,15-16H2,1-4H3,(H,26,30). The highest BCUT2D eigenvalue weighted by Gasteiger charge is 2.28. The average Bonchev–Trinajstić information content (AvgIpc) is 3.05. The fraction of sp³-hybridized carbons (Fsp3) is 0.520. The molecule has 1 aliphatic carbocycles. The summed E-state index contributed by atoms with van der Waals surface area (Å²) >= 11 is 0. The molecule has 1 fully saturated rings. The van der Waals surface area contributed by atoms with Gasteiger partial charge in [-0.2, -0.15) is 0 Å². The molecule has 0 bridgehead atoms. The number of nitrogens with one attached hydrogen (secondary N) is 2. The van der Waals surface area contributed by atoms with Crippen LogP contribution in [0.25, 0.3) is 0 Å². The summed E-state index contributed by atoms with van der Waals surface area (Å²) in [5.41, 5.74) is 5.55. The number of aromatic nitrogens is 1. The first-order valence-electron chi connectivity index (χ1n) is 11.4. The molecule has 2 amide bonds. The van der Waals surface area contributed by atoms with Crippen molar-refractivity contribution >= 4 is 12.0 Å². The van der Waals surface area contributed by atoms with Crippen molar-refractivity contribution in [2.45, 2.75) is 78.9 Å². The van der Waals surface area contributed by atoms with Gasteiger partial charge >= 0.3 is 12.0 Å². The molecule has 1 aromatic carbocycles. The largest absolute Gasteiger partial charge is 0.461 e. The molecule has 0 aliphatic heterocycles. The Morgan fingerprint density at radius 1 is 1.10 bits per heavy atom. The van der Waals surface area contributed by atoms with Crippen LogP contribution in [0.15, 0.2) is 24.3 Å². The number of benzene rings is 1. The van der Waals surface area contributed by atoms with E-state index in [0.717, 1.165) is 48.1 Å². The van der Waals surface area contributed by atoms with Crippen LogP contribution in [0.3, 0.4) is 0 Å². The smallest absolute Gasteiger partial charge is 0.355 e. The molecule has 0 unspecified atom stereocenters. The molecule has 6 nitrogen and oxygen atoms in total. The first-order valence-corrected chi connectivity index (χ1v) is 11.4. The Labute approximate surface area is 185 Å². The van der Waals surface area contributed by atoms with Crippen LogP contribution < -0.4 is 5.32 Å². The zero-order valence-corrected chi connectivity index (χ0v) is 19.2. The molecule has 0 spiro atoms. The minimum absolute atomic E-state index is 0.0508. The molecule has 31 heavy (non-hydrogen) atoms. The van der Waals surface area contributed by atoms with E-state index in [9.17, 15) is 9.59 Å². The molecule has 2 aromatic rings. The highest BCUT2D eigenvalue weighted by molar-refractivity contribution is 5.90. The van der Waals surface area contributed by atoms with Gasteiger partial charge in [0.2, 0.25) is 0 Å². The number of ether oxygens (including phenoxy) is 1. The van der Waals surface area contributed by atoms with Gasteiger partial charge in [0.05, 0.1) is 6.61 Å². The normalized spacial score (nSPS) is 14.3. The topological polar surface area (TPSA) is 74.4 Å². The highest BCUT2D eigenvalue weighted by Crippen LogP contribution is 2.27. The Kier molecular flexibility index (Phi) is 7.77. The van der Waals surface area contributed by atoms with Crippen molar-refractivity contribution < 1.29 is 14.3 Å². The van der Waals surface area contributed by atoms with E-state index in [1.54, 1.807) is 6.92 Å². The summed E-state index contributed by atoms with van der Waals surface area (Å²) in [7, 11) is 0. The highest BCUT2D eigenvalue weighted by atomic mass is 16.5. The lowest BCUT2D eigenvalue weighted by molar-refractivity contribution is 0.0519. The van der Waals surface area contributed by atoms with Gasteiger partial charge in [-0.1, -0.05) is 49.1 Å². The maximum Gasteiger partial charge on any atom is 0.355 e. The quantitative estimate of drug-likeness (QED) is 0.602. The van der Waals surface area contributed by atoms with Crippen molar-refractivity contribution in [1.82, 2.24) is 15.2 Å². The van der Waals surface area contributed by atoms with Crippen molar-refractivity contribution in [2.75, 3.05) is 6.61 Å². The van der Waals surface area contributed by atoms with Gasteiger partial charge in [0.1, 0.15) is 5.69 Å². The first-order chi connectivity index (χ1) is 14.9. The van der Waals surface area contributed by atoms with Gasteiger partial charge in [-0.3, -0.25) is 0 Å². The van der Waals surface area contributed by atoms with Gasteiger partial charge in [-0.25, -0.2) is 9.59 Å². The number of aromatic amines is 1. The van der Waals surface area contributed by atoms with Crippen LogP contribution >= 0.6 is 0 Å². The first kappa shape index (κ1) is 22.9. The minimum atomic E-state index is -0.345. The van der Waals surface area contributed by atoms with Crippen molar-refractivity contribution in [1.29, 1.82) is 0 Å². The fourth-order valence-corrected chi connectivity index (χ4v) is 4.35. The molecule has 168 valence electrons. The molecule has 1 saturated carbocycles. The van der Waals surface area contributed by atoms with Gasteiger partial charge in [-0.05, 0) is 57.2 Å². The maximum absolute atomic E-state index is 13.3. The van der Waals surface area contributed by atoms with Gasteiger partial charge in [-0.15, -0.1) is 0 Å². The van der Waals surface area contributed by atoms with Crippen LogP contribution in [0, 0.1) is 20.8 Å². The molecule has 0 radical (unpaired) electrons. The average molecular weight is 426 g/mol. The zero-order valence-electron chi connectivity index (χ0n) is 19.2. The number of amides is 2. The van der Waals surface area contributed by atoms with Crippen molar-refractivity contribution in [3.8, 4) is 0 Å². The summed E-state index contributed by atoms with van der Waals surface area (Å²) in [5, 5.41) is 3.11. The van der Waals surface area contributed by atoms with Crippen molar-refractivity contribution in [3.05, 3.63) is 57.9 Å². The van der Waals surface area contributed by atoms with E-state index in [1.807, 2.05) is 30.9 Å². The molecule has 0 saturated heterocycles. The number of hydrogen-bond acceptors (Lipinski definition) is 3. The van der Waals surface area contributed by atoms with Crippen LogP contribution in [0.2, 0.25) is 0 Å². The monoisotopic (exact) mass is 425 g/mol. The minimum Gasteiger partial charge on any atom is -0.461 e. The summed E-state index contributed by atoms with van der Waals surface area (Å²) in [6, 6.07) is 8.38. The number of esters is 1. The Bertz CT molecular complexity index is 895. The summed E-state index contributed by atoms with van der Waals surface area (Å²) < 4.78 is 5.18. The third kappa shape index (κ3) is 5.69. The number of aryl methyl sites for hydroxylation is 2. The molecule has 6 heteroatoms. The second-order valence-corrected chi connectivity index (χ2v) is 8.51. The zero-order chi connectivity index (χ0) is 22.4. The second kappa shape index (κ2) is 10.5. The van der Waals surface area contributed by atoms with Crippen LogP contribution in [-0.2, 0) is 17.8 Å². The predicted molar refractivity (Wildman–Crippen MR) is 122 cm³/mol. The fourth-order valence-electron chi connectivity index (χ4n) is 4.35. The third-order valence-electron chi connectivity index (χ3n) is 6.24. The number of hydrogen-bond donors (Lipinski definition) is 2. The van der Waals surface area contributed by atoms with E-state index in [-0.39, 0.29) is 18.0 Å². The Morgan fingerprint density at radius 2 is 1.77 bits per heavy atom. The Morgan fingerprint density at radius 3 is 2.42 bits per heavy atom. The molecule has 3 rings (SSSR count). The number of carbonyl (C=O) groups excluding carboxylic acids is 2. The molecule has 1 aliphatic rings. The van der Waals surface area contributed by atoms with E-state index in [4.69, 9.17) is 4.74 Å². The molecular formula is C25H35N3O3. The summed E-state index contributed by atoms with van der Waals surface area (Å²) in [4.78, 5) is 30.7. The maximum atomic E-state index is 13.3. The van der Waals surface area contributed by atoms with E-state index < -0.39 is 0 Å². The number of rotatable bonds is 7. The lowest BCUT2D eigenvalue weighted by Gasteiger charge is -2.34. The predicted octanol–water partition coefficient (Wildman–Crippen LogP) is 5.16. The van der Waals surface area contributed by atoms with E-state index in [2.05, 4.69) is 29.4 Å². The molecule has 0 atom stereocenters. The molecule has 2 N–H and O–H groups in total. The molecule has 1 heterocycles. The van der Waals surface area contributed by atoms with Crippen molar-refractivity contribution in [3.63, 3.8) is 0 Å². The lowest BCUT2D eigenvalue weighted by Crippen LogP contribution is -2.46. The van der Waals surface area contributed by atoms with E-state index >= 15 is 0 Å². The Hall–Kier alpha value is -2.76. The number of H-pyrrole nitrogens is 1. The van der Waals surface area contributed by atoms with Crippen molar-refractivity contribution in [2.24, 2.45) is 0 Å². The van der Waals surface area contributed by atoms with Gasteiger partial charge in [0.15, 0.2) is 0 Å². The van der Waals surface area contributed by atoms with Gasteiger partial charge in [0, 0.05) is 24.8 Å². The summed E-state index contributed by atoms with van der Waals surface area (Å²) in [6.45, 7) is 9.05. The van der Waals surface area contributed by atoms with Gasteiger partial charge in [0.25, 0.3) is 0 Å². The summed E-state index contributed by atoms with van der Waals surface area (Å²) in [6.07, 6.45) is 5.55. The SMILES string of the molecule is CCOC(=O)c1[nH]c(C)c(CN(C(=O)NCc2ccc(C)cc2)C2CCCCC2)c1C. The number of urea groups is 1. The van der Waals surface area contributed by atoms with Gasteiger partial charge < -0.3 is 19.9 Å². The Balaban J connectivity index is 1.78. The van der Waals surface area contributed by atoms with E-state index in [1.165, 1.54) is 12.0 Å². The second-order valence-electron chi connectivity index (χ2n) is 8.51. The van der Waals surface area contributed by atoms with Crippen LogP contribution in [-0.4, -0.2) is 34.5 Å². The number of nitrogens with zero attached hydrogens (tertiary/aromatic N) is 1. The summed E-state index contributed by atoms with van der Waals surface area (Å²) in [5.74, 6) is -0.345. The molecule has 1 aromatic heterocycles. The van der Waals surface area contributed by atoms with Crippen LogP contribution in [0.5, 0.6) is 0 Å². The lowest BCUT2D eigenvalue weighted by atomic mass is 9.93. The van der Waals surface area contributed by atoms with Crippen LogP contribution in [0.1, 0.15) is 77.5 Å². The van der Waals surface area contributed by atoms with Crippen LogP contribution in [0.4, 0.5) is 4.79 Å².